The van der Waals surface area contributed by atoms with Gasteiger partial charge in [0.25, 0.3) is 12.3 Å². The van der Waals surface area contributed by atoms with Crippen LogP contribution in [0.4, 0.5) is 8.78 Å². The highest BCUT2D eigenvalue weighted by molar-refractivity contribution is 5.98. The number of rotatable bonds is 5. The fourth-order valence-electron chi connectivity index (χ4n) is 2.43. The van der Waals surface area contributed by atoms with E-state index < -0.39 is 23.7 Å². The number of hydrogen-bond donors (Lipinski definition) is 1. The minimum Gasteiger partial charge on any atom is -0.494 e. The average molecular weight is 362 g/mol. The lowest BCUT2D eigenvalue weighted by atomic mass is 9.97. The second kappa shape index (κ2) is 6.82. The van der Waals surface area contributed by atoms with E-state index in [9.17, 15) is 18.7 Å². The van der Waals surface area contributed by atoms with Crippen molar-refractivity contribution in [3.63, 3.8) is 0 Å². The summed E-state index contributed by atoms with van der Waals surface area (Å²) in [7, 11) is 1.36. The quantitative estimate of drug-likeness (QED) is 0.737. The van der Waals surface area contributed by atoms with E-state index in [0.29, 0.717) is 0 Å². The number of pyridine rings is 2. The Morgan fingerprint density at radius 2 is 2.08 bits per heavy atom. The van der Waals surface area contributed by atoms with Crippen LogP contribution < -0.4 is 4.74 Å². The SMILES string of the molecule is COc1cnccc1-c1cc(-c2nnc(C)o2)nc(C(F)F)c1C(=O)O. The van der Waals surface area contributed by atoms with Gasteiger partial charge in [0.05, 0.1) is 18.9 Å². The van der Waals surface area contributed by atoms with Crippen molar-refractivity contribution in [1.29, 1.82) is 0 Å². The van der Waals surface area contributed by atoms with Crippen molar-refractivity contribution in [1.82, 2.24) is 20.2 Å². The van der Waals surface area contributed by atoms with Gasteiger partial charge in [-0.1, -0.05) is 0 Å². The number of hydrogen-bond acceptors (Lipinski definition) is 7. The molecule has 8 nitrogen and oxygen atoms in total. The first kappa shape index (κ1) is 17.4. The zero-order valence-electron chi connectivity index (χ0n) is 13.6. The van der Waals surface area contributed by atoms with E-state index in [1.165, 1.54) is 38.6 Å². The third kappa shape index (κ3) is 3.08. The van der Waals surface area contributed by atoms with Crippen LogP contribution in [0, 0.1) is 6.92 Å². The van der Waals surface area contributed by atoms with Gasteiger partial charge in [-0.3, -0.25) is 4.98 Å². The number of nitrogens with zero attached hydrogens (tertiary/aromatic N) is 4. The van der Waals surface area contributed by atoms with Crippen molar-refractivity contribution in [3.05, 3.63) is 41.7 Å². The van der Waals surface area contributed by atoms with Crippen molar-refractivity contribution in [2.24, 2.45) is 0 Å². The molecule has 3 aromatic rings. The summed E-state index contributed by atoms with van der Waals surface area (Å²) < 4.78 is 37.5. The molecule has 0 saturated carbocycles. The molecule has 0 aliphatic carbocycles. The van der Waals surface area contributed by atoms with Gasteiger partial charge in [-0.15, -0.1) is 10.2 Å². The number of methoxy groups -OCH3 is 1. The Labute approximate surface area is 145 Å². The van der Waals surface area contributed by atoms with E-state index in [2.05, 4.69) is 20.2 Å². The molecule has 0 atom stereocenters. The molecule has 3 rings (SSSR count). The molecule has 3 heterocycles. The summed E-state index contributed by atoms with van der Waals surface area (Å²) in [6, 6.07) is 2.75. The Morgan fingerprint density at radius 1 is 1.31 bits per heavy atom. The summed E-state index contributed by atoms with van der Waals surface area (Å²) in [5, 5.41) is 16.9. The highest BCUT2D eigenvalue weighted by Gasteiger charge is 2.28. The maximum atomic E-state index is 13.5. The van der Waals surface area contributed by atoms with Crippen LogP contribution in [0.5, 0.6) is 5.75 Å². The van der Waals surface area contributed by atoms with Crippen LogP contribution in [0.15, 0.2) is 28.9 Å². The monoisotopic (exact) mass is 362 g/mol. The molecule has 0 aliphatic heterocycles. The summed E-state index contributed by atoms with van der Waals surface area (Å²) in [5.74, 6) is -1.22. The highest BCUT2D eigenvalue weighted by Crippen LogP contribution is 2.37. The topological polar surface area (TPSA) is 111 Å². The third-order valence-corrected chi connectivity index (χ3v) is 3.51. The van der Waals surface area contributed by atoms with Crippen molar-refractivity contribution >= 4 is 5.97 Å². The summed E-state index contributed by atoms with van der Waals surface area (Å²) in [5.41, 5.74) is -1.36. The van der Waals surface area contributed by atoms with E-state index >= 15 is 0 Å². The lowest BCUT2D eigenvalue weighted by Gasteiger charge is -2.14. The number of alkyl halides is 2. The molecule has 0 saturated heterocycles. The molecule has 0 aromatic carbocycles. The minimum atomic E-state index is -3.13. The Morgan fingerprint density at radius 3 is 2.65 bits per heavy atom. The Kier molecular flexibility index (Phi) is 4.57. The molecule has 0 amide bonds. The Hall–Kier alpha value is -3.43. The lowest BCUT2D eigenvalue weighted by molar-refractivity contribution is 0.0683. The molecule has 1 N–H and O–H groups in total. The van der Waals surface area contributed by atoms with Crippen LogP contribution >= 0.6 is 0 Å². The first-order valence-electron chi connectivity index (χ1n) is 7.27. The van der Waals surface area contributed by atoms with E-state index in [-0.39, 0.29) is 34.4 Å². The van der Waals surface area contributed by atoms with Gasteiger partial charge in [-0.25, -0.2) is 18.6 Å². The van der Waals surface area contributed by atoms with E-state index in [1.54, 1.807) is 0 Å². The molecule has 26 heavy (non-hydrogen) atoms. The van der Waals surface area contributed by atoms with Gasteiger partial charge in [0.1, 0.15) is 17.1 Å². The number of aryl methyl sites for hydroxylation is 1. The van der Waals surface area contributed by atoms with Gasteiger partial charge < -0.3 is 14.3 Å². The first-order chi connectivity index (χ1) is 12.4. The minimum absolute atomic E-state index is 0.0205. The normalized spacial score (nSPS) is 11.0. The van der Waals surface area contributed by atoms with Gasteiger partial charge in [0, 0.05) is 24.2 Å². The van der Waals surface area contributed by atoms with Gasteiger partial charge in [-0.2, -0.15) is 0 Å². The number of carboxylic acid groups (broad SMARTS) is 1. The summed E-state index contributed by atoms with van der Waals surface area (Å²) in [4.78, 5) is 19.3. The molecule has 0 fully saturated rings. The van der Waals surface area contributed by atoms with Crippen LogP contribution in [0.3, 0.4) is 0 Å². The largest absolute Gasteiger partial charge is 0.494 e. The number of ether oxygens (including phenoxy) is 1. The summed E-state index contributed by atoms with van der Waals surface area (Å²) in [6.45, 7) is 1.53. The predicted octanol–water partition coefficient (Wildman–Crippen LogP) is 3.15. The standard InChI is InChI=1S/C16H12F2N4O4/c1-7-21-22-15(26-7)10-5-9(8-3-4-19-6-11(8)25-2)12(16(23)24)13(20-10)14(17)18/h3-6,14H,1-2H3,(H,23,24). The van der Waals surface area contributed by atoms with Crippen LogP contribution in [-0.2, 0) is 0 Å². The molecule has 10 heteroatoms. The Balaban J connectivity index is 2.36. The van der Waals surface area contributed by atoms with Crippen LogP contribution in [0.25, 0.3) is 22.7 Å². The smallest absolute Gasteiger partial charge is 0.338 e. The molecule has 0 radical (unpaired) electrons. The molecular formula is C16H12F2N4O4. The molecule has 134 valence electrons. The van der Waals surface area contributed by atoms with Crippen molar-refractivity contribution in [3.8, 4) is 28.5 Å². The summed E-state index contributed by atoms with van der Waals surface area (Å²) >= 11 is 0. The fraction of sp³-hybridized carbons (Fsp3) is 0.188. The van der Waals surface area contributed by atoms with Crippen molar-refractivity contribution < 1.29 is 27.8 Å². The average Bonchev–Trinajstić information content (AvgIpc) is 3.06. The number of halogens is 2. The third-order valence-electron chi connectivity index (χ3n) is 3.51. The van der Waals surface area contributed by atoms with Crippen LogP contribution in [0.1, 0.15) is 28.4 Å². The number of carbonyl (C=O) groups is 1. The molecule has 0 spiro atoms. The first-order valence-corrected chi connectivity index (χ1v) is 7.27. The van der Waals surface area contributed by atoms with Crippen molar-refractivity contribution in [2.45, 2.75) is 13.3 Å². The highest BCUT2D eigenvalue weighted by atomic mass is 19.3. The molecule has 3 aromatic heterocycles. The predicted molar refractivity (Wildman–Crippen MR) is 84.0 cm³/mol. The van der Waals surface area contributed by atoms with Crippen molar-refractivity contribution in [2.75, 3.05) is 7.11 Å². The van der Waals surface area contributed by atoms with E-state index in [1.807, 2.05) is 0 Å². The second-order valence-electron chi connectivity index (χ2n) is 5.12. The van der Waals surface area contributed by atoms with E-state index in [4.69, 9.17) is 9.15 Å². The molecule has 0 aliphatic rings. The summed E-state index contributed by atoms with van der Waals surface area (Å²) in [6.07, 6.45) is -0.390. The van der Waals surface area contributed by atoms with Crippen LogP contribution in [0.2, 0.25) is 0 Å². The van der Waals surface area contributed by atoms with Gasteiger partial charge >= 0.3 is 5.97 Å². The number of aromatic nitrogens is 4. The fourth-order valence-corrected chi connectivity index (χ4v) is 2.43. The maximum absolute atomic E-state index is 13.5. The lowest BCUT2D eigenvalue weighted by Crippen LogP contribution is -2.10. The van der Waals surface area contributed by atoms with Crippen LogP contribution in [-0.4, -0.2) is 38.4 Å². The number of aromatic carboxylic acids is 1. The number of carboxylic acids is 1. The van der Waals surface area contributed by atoms with Gasteiger partial charge in [0.15, 0.2) is 0 Å². The molecular weight excluding hydrogens is 350 g/mol. The second-order valence-corrected chi connectivity index (χ2v) is 5.12. The Bertz CT molecular complexity index is 975. The zero-order valence-corrected chi connectivity index (χ0v) is 13.6. The van der Waals surface area contributed by atoms with Gasteiger partial charge in [-0.05, 0) is 12.1 Å². The zero-order chi connectivity index (χ0) is 18.8. The van der Waals surface area contributed by atoms with Gasteiger partial charge in [0.2, 0.25) is 5.89 Å². The maximum Gasteiger partial charge on any atom is 0.338 e. The van der Waals surface area contributed by atoms with E-state index in [0.717, 1.165) is 0 Å². The molecule has 0 bridgehead atoms. The molecule has 0 unspecified atom stereocenters.